The minimum atomic E-state index is -4.63. The monoisotopic (exact) mass is 552 g/mol. The molecule has 1 aliphatic rings. The second-order valence-corrected chi connectivity index (χ2v) is 10.6. The third-order valence-electron chi connectivity index (χ3n) is 6.03. The Morgan fingerprint density at radius 1 is 0.972 bits per heavy atom. The molecule has 3 nitrogen and oxygen atoms in total. The van der Waals surface area contributed by atoms with E-state index >= 15 is 0 Å². The minimum Gasteiger partial charge on any atom is -0.348 e. The van der Waals surface area contributed by atoms with Crippen LogP contribution in [0.1, 0.15) is 46.3 Å². The zero-order chi connectivity index (χ0) is 25.7. The van der Waals surface area contributed by atoms with Crippen LogP contribution in [-0.4, -0.2) is 23.9 Å². The Morgan fingerprint density at radius 2 is 1.69 bits per heavy atom. The fourth-order valence-electron chi connectivity index (χ4n) is 4.20. The van der Waals surface area contributed by atoms with Crippen LogP contribution < -0.4 is 5.32 Å². The largest absolute Gasteiger partial charge is 0.416 e. The van der Waals surface area contributed by atoms with E-state index in [1.807, 2.05) is 41.3 Å². The maximum Gasteiger partial charge on any atom is 0.416 e. The molecule has 1 amide bonds. The topological polar surface area (TPSA) is 32.3 Å². The van der Waals surface area contributed by atoms with Crippen molar-refractivity contribution in [2.45, 2.75) is 48.3 Å². The molecule has 4 rings (SSSR count). The summed E-state index contributed by atoms with van der Waals surface area (Å²) in [5, 5.41) is 3.18. The molecule has 0 radical (unpaired) electrons. The zero-order valence-electron chi connectivity index (χ0n) is 19.4. The van der Waals surface area contributed by atoms with Crippen molar-refractivity contribution in [1.82, 2.24) is 10.2 Å². The standard InChI is InChI=1S/C27H25Cl2F3N2OS/c28-20-9-10-25(36-21-7-3-1-4-8-21)19(13-20)16-33-26(35)18-14-23(27(30,31)32)22(24(29)15-18)17-34-11-5-2-6-12-34/h1,3-4,7-10,13-15H,2,5-6,11-12,16-17H2,(H,33,35). The van der Waals surface area contributed by atoms with Crippen molar-refractivity contribution in [2.24, 2.45) is 0 Å². The third-order valence-corrected chi connectivity index (χ3v) is 7.72. The van der Waals surface area contributed by atoms with Gasteiger partial charge in [-0.05, 0) is 79.5 Å². The highest BCUT2D eigenvalue weighted by Gasteiger charge is 2.36. The van der Waals surface area contributed by atoms with Crippen molar-refractivity contribution in [3.8, 4) is 0 Å². The molecule has 0 aromatic heterocycles. The van der Waals surface area contributed by atoms with Gasteiger partial charge in [-0.3, -0.25) is 9.69 Å². The van der Waals surface area contributed by atoms with E-state index < -0.39 is 17.6 Å². The zero-order valence-corrected chi connectivity index (χ0v) is 21.7. The second-order valence-electron chi connectivity index (χ2n) is 8.67. The Labute approximate surface area is 223 Å². The molecule has 1 saturated heterocycles. The molecule has 0 spiro atoms. The van der Waals surface area contributed by atoms with Crippen molar-refractivity contribution in [3.63, 3.8) is 0 Å². The first-order valence-corrected chi connectivity index (χ1v) is 13.2. The summed E-state index contributed by atoms with van der Waals surface area (Å²) in [5.74, 6) is -0.637. The number of amides is 1. The van der Waals surface area contributed by atoms with Gasteiger partial charge in [-0.25, -0.2) is 0 Å². The maximum absolute atomic E-state index is 14.0. The highest BCUT2D eigenvalue weighted by Crippen LogP contribution is 2.37. The summed E-state index contributed by atoms with van der Waals surface area (Å²) in [6, 6.07) is 17.3. The Balaban J connectivity index is 1.54. The van der Waals surface area contributed by atoms with E-state index in [1.54, 1.807) is 12.1 Å². The van der Waals surface area contributed by atoms with Gasteiger partial charge in [-0.2, -0.15) is 13.2 Å². The number of benzene rings is 3. The minimum absolute atomic E-state index is 0.0130. The Kier molecular flexibility index (Phi) is 8.88. The van der Waals surface area contributed by atoms with Crippen molar-refractivity contribution in [1.29, 1.82) is 0 Å². The number of carbonyl (C=O) groups is 1. The average Bonchev–Trinajstić information content (AvgIpc) is 2.85. The number of nitrogens with one attached hydrogen (secondary N) is 1. The first kappa shape index (κ1) is 26.9. The van der Waals surface area contributed by atoms with Crippen LogP contribution in [0, 0.1) is 0 Å². The van der Waals surface area contributed by atoms with Crippen LogP contribution in [-0.2, 0) is 19.3 Å². The Morgan fingerprint density at radius 3 is 2.39 bits per heavy atom. The predicted molar refractivity (Wildman–Crippen MR) is 139 cm³/mol. The molecule has 1 N–H and O–H groups in total. The normalized spacial score (nSPS) is 14.6. The highest BCUT2D eigenvalue weighted by atomic mass is 35.5. The van der Waals surface area contributed by atoms with Gasteiger partial charge in [0.1, 0.15) is 0 Å². The fraction of sp³-hybridized carbons (Fsp3) is 0.296. The number of likely N-dealkylation sites (tertiary alicyclic amines) is 1. The van der Waals surface area contributed by atoms with Crippen molar-refractivity contribution in [3.05, 3.63) is 93.0 Å². The van der Waals surface area contributed by atoms with Gasteiger partial charge in [0, 0.05) is 38.5 Å². The SMILES string of the molecule is O=C(NCc1cc(Cl)ccc1Sc1ccccc1)c1cc(Cl)c(CN2CCCCC2)c(C(F)(F)F)c1. The van der Waals surface area contributed by atoms with Gasteiger partial charge in [0.25, 0.3) is 5.91 Å². The average molecular weight is 553 g/mol. The van der Waals surface area contributed by atoms with E-state index in [1.165, 1.54) is 17.8 Å². The molecule has 0 aliphatic carbocycles. The van der Waals surface area contributed by atoms with Gasteiger partial charge in [0.05, 0.1) is 5.56 Å². The molecule has 3 aromatic carbocycles. The van der Waals surface area contributed by atoms with E-state index in [-0.39, 0.29) is 29.2 Å². The van der Waals surface area contributed by atoms with Gasteiger partial charge in [0.2, 0.25) is 0 Å². The van der Waals surface area contributed by atoms with Gasteiger partial charge in [0.15, 0.2) is 0 Å². The number of rotatable bonds is 7. The van der Waals surface area contributed by atoms with Crippen molar-refractivity contribution < 1.29 is 18.0 Å². The van der Waals surface area contributed by atoms with Crippen LogP contribution in [0.2, 0.25) is 10.0 Å². The van der Waals surface area contributed by atoms with E-state index in [4.69, 9.17) is 23.2 Å². The van der Waals surface area contributed by atoms with Crippen LogP contribution in [0.25, 0.3) is 0 Å². The second kappa shape index (κ2) is 11.9. The number of halogens is 5. The molecule has 3 aromatic rings. The lowest BCUT2D eigenvalue weighted by atomic mass is 10.0. The highest BCUT2D eigenvalue weighted by molar-refractivity contribution is 7.99. The summed E-state index contributed by atoms with van der Waals surface area (Å²) in [5.41, 5.74) is -0.227. The maximum atomic E-state index is 14.0. The lowest BCUT2D eigenvalue weighted by Gasteiger charge is -2.28. The van der Waals surface area contributed by atoms with E-state index in [2.05, 4.69) is 5.32 Å². The molecular formula is C27H25Cl2F3N2OS. The van der Waals surface area contributed by atoms with Gasteiger partial charge >= 0.3 is 6.18 Å². The van der Waals surface area contributed by atoms with E-state index in [9.17, 15) is 18.0 Å². The van der Waals surface area contributed by atoms with Crippen molar-refractivity contribution in [2.75, 3.05) is 13.1 Å². The molecule has 0 saturated carbocycles. The van der Waals surface area contributed by atoms with Gasteiger partial charge in [-0.15, -0.1) is 0 Å². The molecule has 1 heterocycles. The lowest BCUT2D eigenvalue weighted by molar-refractivity contribution is -0.138. The van der Waals surface area contributed by atoms with E-state index in [0.29, 0.717) is 5.02 Å². The quantitative estimate of drug-likeness (QED) is 0.321. The molecule has 190 valence electrons. The van der Waals surface area contributed by atoms with Crippen LogP contribution in [0.5, 0.6) is 0 Å². The molecule has 0 atom stereocenters. The summed E-state index contributed by atoms with van der Waals surface area (Å²) in [6.45, 7) is 1.68. The predicted octanol–water partition coefficient (Wildman–Crippen LogP) is 8.08. The van der Waals surface area contributed by atoms with E-state index in [0.717, 1.165) is 53.8 Å². The van der Waals surface area contributed by atoms with Crippen LogP contribution in [0.4, 0.5) is 13.2 Å². The molecule has 1 aliphatic heterocycles. The van der Waals surface area contributed by atoms with Gasteiger partial charge in [-0.1, -0.05) is 59.6 Å². The summed E-state index contributed by atoms with van der Waals surface area (Å²) in [7, 11) is 0. The molecule has 1 fully saturated rings. The molecule has 0 unspecified atom stereocenters. The summed E-state index contributed by atoms with van der Waals surface area (Å²) in [4.78, 5) is 16.8. The number of piperidine rings is 1. The van der Waals surface area contributed by atoms with Crippen LogP contribution >= 0.6 is 35.0 Å². The summed E-state index contributed by atoms with van der Waals surface area (Å²) < 4.78 is 41.9. The van der Waals surface area contributed by atoms with Crippen molar-refractivity contribution >= 4 is 40.9 Å². The number of hydrogen-bond donors (Lipinski definition) is 1. The van der Waals surface area contributed by atoms with Crippen LogP contribution in [0.3, 0.4) is 0 Å². The first-order chi connectivity index (χ1) is 17.2. The molecule has 36 heavy (non-hydrogen) atoms. The first-order valence-electron chi connectivity index (χ1n) is 11.6. The number of nitrogens with zero attached hydrogens (tertiary/aromatic N) is 1. The summed E-state index contributed by atoms with van der Waals surface area (Å²) in [6.07, 6.45) is -1.65. The fourth-order valence-corrected chi connectivity index (χ4v) is 5.62. The van der Waals surface area contributed by atoms with Crippen LogP contribution in [0.15, 0.2) is 70.5 Å². The Bertz CT molecular complexity index is 1220. The molecular weight excluding hydrogens is 528 g/mol. The molecule has 9 heteroatoms. The smallest absolute Gasteiger partial charge is 0.348 e. The lowest BCUT2D eigenvalue weighted by Crippen LogP contribution is -2.30. The Hall–Kier alpha value is -2.19. The molecule has 0 bridgehead atoms. The number of carbonyl (C=O) groups excluding carboxylic acids is 1. The summed E-state index contributed by atoms with van der Waals surface area (Å²) >= 11 is 14.0. The number of alkyl halides is 3. The van der Waals surface area contributed by atoms with Gasteiger partial charge < -0.3 is 5.32 Å². The third kappa shape index (κ3) is 6.97. The number of hydrogen-bond acceptors (Lipinski definition) is 3.